The van der Waals surface area contributed by atoms with E-state index in [1.54, 1.807) is 11.3 Å². The van der Waals surface area contributed by atoms with Crippen LogP contribution in [0.5, 0.6) is 0 Å². The molecule has 0 bridgehead atoms. The van der Waals surface area contributed by atoms with Crippen LogP contribution in [0.4, 0.5) is 0 Å². The summed E-state index contributed by atoms with van der Waals surface area (Å²) in [6, 6.07) is 7.62. The molecule has 1 saturated heterocycles. The van der Waals surface area contributed by atoms with Gasteiger partial charge in [-0.1, -0.05) is 23.7 Å². The van der Waals surface area contributed by atoms with Crippen molar-refractivity contribution in [3.8, 4) is 11.3 Å². The average Bonchev–Trinajstić information content (AvgIpc) is 2.98. The zero-order valence-electron chi connectivity index (χ0n) is 14.3. The number of piperidine rings is 1. The molecule has 2 heterocycles. The van der Waals surface area contributed by atoms with Crippen LogP contribution in [0.1, 0.15) is 35.7 Å². The Morgan fingerprint density at radius 3 is 2.76 bits per heavy atom. The quantitative estimate of drug-likeness (QED) is 0.801. The molecule has 2 atom stereocenters. The predicted octanol–water partition coefficient (Wildman–Crippen LogP) is 4.37. The van der Waals surface area contributed by atoms with Gasteiger partial charge in [-0.2, -0.15) is 0 Å². The molecule has 0 saturated carbocycles. The third-order valence-electron chi connectivity index (χ3n) is 4.33. The fourth-order valence-electron chi connectivity index (χ4n) is 2.95. The topological polar surface area (TPSA) is 54.0 Å². The lowest BCUT2D eigenvalue weighted by Crippen LogP contribution is -2.41. The van der Waals surface area contributed by atoms with Crippen LogP contribution in [-0.4, -0.2) is 24.0 Å². The number of hydrogen-bond donors (Lipinski definition) is 2. The maximum Gasteiger partial charge on any atom is 0.224 e. The number of amides is 1. The van der Waals surface area contributed by atoms with Crippen molar-refractivity contribution in [1.82, 2.24) is 15.6 Å². The summed E-state index contributed by atoms with van der Waals surface area (Å²) in [7, 11) is 0. The minimum atomic E-state index is -0.0795. The van der Waals surface area contributed by atoms with E-state index in [0.29, 0.717) is 5.02 Å². The summed E-state index contributed by atoms with van der Waals surface area (Å²) < 4.78 is 0. The molecule has 1 aromatic carbocycles. The number of nitrogens with zero attached hydrogens (tertiary/aromatic N) is 1. The van der Waals surface area contributed by atoms with E-state index in [1.807, 2.05) is 31.2 Å². The van der Waals surface area contributed by atoms with E-state index in [1.165, 1.54) is 0 Å². The van der Waals surface area contributed by atoms with E-state index in [9.17, 15) is 4.79 Å². The van der Waals surface area contributed by atoms with Crippen molar-refractivity contribution in [1.29, 1.82) is 0 Å². The zero-order valence-corrected chi connectivity index (χ0v) is 16.7. The van der Waals surface area contributed by atoms with Gasteiger partial charge in [0.2, 0.25) is 5.91 Å². The van der Waals surface area contributed by atoms with Gasteiger partial charge < -0.3 is 10.6 Å². The van der Waals surface area contributed by atoms with Crippen molar-refractivity contribution < 1.29 is 4.79 Å². The second-order valence-corrected chi connectivity index (χ2v) is 7.91. The monoisotopic (exact) mass is 399 g/mol. The van der Waals surface area contributed by atoms with E-state index in [-0.39, 0.29) is 30.3 Å². The summed E-state index contributed by atoms with van der Waals surface area (Å²) in [5.41, 5.74) is 2.02. The van der Waals surface area contributed by atoms with Gasteiger partial charge in [0, 0.05) is 22.0 Å². The molecule has 25 heavy (non-hydrogen) atoms. The van der Waals surface area contributed by atoms with Gasteiger partial charge in [-0.3, -0.25) is 4.79 Å². The molecule has 136 valence electrons. The fourth-order valence-corrected chi connectivity index (χ4v) is 4.02. The Hall–Kier alpha value is -1.14. The summed E-state index contributed by atoms with van der Waals surface area (Å²) in [5.74, 6) is 0.189. The number of carbonyl (C=O) groups is 1. The molecular formula is C18H23Cl2N3OS. The Morgan fingerprint density at radius 1 is 1.40 bits per heavy atom. The smallest absolute Gasteiger partial charge is 0.224 e. The highest BCUT2D eigenvalue weighted by atomic mass is 35.5. The lowest BCUT2D eigenvalue weighted by atomic mass is 9.98. The lowest BCUT2D eigenvalue weighted by molar-refractivity contribution is -0.126. The third kappa shape index (κ3) is 4.94. The van der Waals surface area contributed by atoms with Crippen LogP contribution in [0.15, 0.2) is 24.3 Å². The molecular weight excluding hydrogens is 377 g/mol. The lowest BCUT2D eigenvalue weighted by Gasteiger charge is -2.23. The Bertz CT molecular complexity index is 712. The van der Waals surface area contributed by atoms with Crippen molar-refractivity contribution in [2.24, 2.45) is 5.92 Å². The van der Waals surface area contributed by atoms with E-state index >= 15 is 0 Å². The summed E-state index contributed by atoms with van der Waals surface area (Å²) in [6.45, 7) is 5.84. The van der Waals surface area contributed by atoms with Gasteiger partial charge in [0.1, 0.15) is 5.01 Å². The van der Waals surface area contributed by atoms with E-state index in [2.05, 4.69) is 17.6 Å². The minimum absolute atomic E-state index is 0. The standard InChI is InChI=1S/C18H22ClN3OS.ClH/c1-11(21-17(23)14-4-3-9-20-10-14)18-22-16(12(2)24-18)13-5-7-15(19)8-6-13;/h5-8,11,14,20H,3-4,9-10H2,1-2H3,(H,21,23);1H. The van der Waals surface area contributed by atoms with Crippen LogP contribution in [-0.2, 0) is 4.79 Å². The number of rotatable bonds is 4. The highest BCUT2D eigenvalue weighted by Gasteiger charge is 2.24. The first kappa shape index (κ1) is 20.2. The van der Waals surface area contributed by atoms with Crippen LogP contribution in [0.25, 0.3) is 11.3 Å². The number of carbonyl (C=O) groups excluding carboxylic acids is 1. The van der Waals surface area contributed by atoms with Crippen molar-refractivity contribution in [3.05, 3.63) is 39.2 Å². The van der Waals surface area contributed by atoms with Gasteiger partial charge in [-0.25, -0.2) is 4.98 Å². The summed E-state index contributed by atoms with van der Waals surface area (Å²) >= 11 is 7.59. The molecule has 2 aromatic rings. The highest BCUT2D eigenvalue weighted by molar-refractivity contribution is 7.12. The molecule has 1 aromatic heterocycles. The number of halogens is 2. The van der Waals surface area contributed by atoms with Crippen LogP contribution >= 0.6 is 35.3 Å². The maximum atomic E-state index is 12.4. The number of aromatic nitrogens is 1. The number of benzene rings is 1. The molecule has 0 aliphatic carbocycles. The molecule has 0 radical (unpaired) electrons. The van der Waals surface area contributed by atoms with Crippen molar-refractivity contribution in [3.63, 3.8) is 0 Å². The van der Waals surface area contributed by atoms with Crippen molar-refractivity contribution in [2.45, 2.75) is 32.7 Å². The molecule has 4 nitrogen and oxygen atoms in total. The normalized spacial score (nSPS) is 18.3. The zero-order chi connectivity index (χ0) is 17.1. The summed E-state index contributed by atoms with van der Waals surface area (Å²) in [5, 5.41) is 8.05. The van der Waals surface area contributed by atoms with Gasteiger partial charge >= 0.3 is 0 Å². The Morgan fingerprint density at radius 2 is 2.12 bits per heavy atom. The SMILES string of the molecule is Cc1sc(C(C)NC(=O)C2CCCNC2)nc1-c1ccc(Cl)cc1.Cl. The third-order valence-corrected chi connectivity index (χ3v) is 5.73. The highest BCUT2D eigenvalue weighted by Crippen LogP contribution is 2.31. The van der Waals surface area contributed by atoms with Gasteiger partial charge in [0.25, 0.3) is 0 Å². The molecule has 1 aliphatic heterocycles. The molecule has 7 heteroatoms. The van der Waals surface area contributed by atoms with Gasteiger partial charge in [-0.05, 0) is 45.4 Å². The Labute approximate surface area is 163 Å². The van der Waals surface area contributed by atoms with E-state index < -0.39 is 0 Å². The number of nitrogens with one attached hydrogen (secondary N) is 2. The second-order valence-electron chi connectivity index (χ2n) is 6.24. The van der Waals surface area contributed by atoms with Crippen molar-refractivity contribution >= 4 is 41.3 Å². The van der Waals surface area contributed by atoms with Crippen LogP contribution in [0.3, 0.4) is 0 Å². The van der Waals surface area contributed by atoms with Crippen LogP contribution < -0.4 is 10.6 Å². The average molecular weight is 400 g/mol. The first-order valence-electron chi connectivity index (χ1n) is 8.29. The number of aryl methyl sites for hydroxylation is 1. The predicted molar refractivity (Wildman–Crippen MR) is 107 cm³/mol. The summed E-state index contributed by atoms with van der Waals surface area (Å²) in [6.07, 6.45) is 2.02. The molecule has 1 fully saturated rings. The molecule has 3 rings (SSSR count). The first-order valence-corrected chi connectivity index (χ1v) is 9.48. The summed E-state index contributed by atoms with van der Waals surface area (Å²) in [4.78, 5) is 18.3. The largest absolute Gasteiger partial charge is 0.347 e. The molecule has 1 amide bonds. The maximum absolute atomic E-state index is 12.4. The molecule has 1 aliphatic rings. The van der Waals surface area contributed by atoms with Crippen molar-refractivity contribution in [2.75, 3.05) is 13.1 Å². The van der Waals surface area contributed by atoms with Gasteiger partial charge in [0.05, 0.1) is 17.7 Å². The molecule has 0 spiro atoms. The number of thiazole rings is 1. The van der Waals surface area contributed by atoms with Crippen LogP contribution in [0.2, 0.25) is 5.02 Å². The Balaban J connectivity index is 0.00000225. The molecule has 2 N–H and O–H groups in total. The van der Waals surface area contributed by atoms with Gasteiger partial charge in [-0.15, -0.1) is 23.7 Å². The van der Waals surface area contributed by atoms with Crippen LogP contribution in [0, 0.1) is 12.8 Å². The van der Waals surface area contributed by atoms with E-state index in [4.69, 9.17) is 16.6 Å². The minimum Gasteiger partial charge on any atom is -0.347 e. The molecule has 2 unspecified atom stereocenters. The number of hydrogen-bond acceptors (Lipinski definition) is 4. The first-order chi connectivity index (χ1) is 11.5. The fraction of sp³-hybridized carbons (Fsp3) is 0.444. The Kier molecular flexibility index (Phi) is 7.25. The van der Waals surface area contributed by atoms with E-state index in [0.717, 1.165) is 47.1 Å². The second kappa shape index (κ2) is 8.99. The van der Waals surface area contributed by atoms with Gasteiger partial charge in [0.15, 0.2) is 0 Å².